The molecule has 2 amide bonds. The smallest absolute Gasteiger partial charge is 0.326 e. The zero-order valence-electron chi connectivity index (χ0n) is 15.3. The van der Waals surface area contributed by atoms with Crippen molar-refractivity contribution in [2.24, 2.45) is 0 Å². The third-order valence-corrected chi connectivity index (χ3v) is 5.27. The fourth-order valence-electron chi connectivity index (χ4n) is 3.37. The molecule has 8 nitrogen and oxygen atoms in total. The van der Waals surface area contributed by atoms with Crippen molar-refractivity contribution in [1.29, 1.82) is 0 Å². The fourth-order valence-corrected chi connectivity index (χ4v) is 3.62. The first-order chi connectivity index (χ1) is 13.5. The molecule has 2 heterocycles. The highest BCUT2D eigenvalue weighted by Gasteiger charge is 2.29. The van der Waals surface area contributed by atoms with E-state index in [-0.39, 0.29) is 24.1 Å². The molecule has 3 rings (SSSR count). The minimum atomic E-state index is -1.14. The summed E-state index contributed by atoms with van der Waals surface area (Å²) < 4.78 is 0. The summed E-state index contributed by atoms with van der Waals surface area (Å²) in [7, 11) is 0. The van der Waals surface area contributed by atoms with Gasteiger partial charge in [-0.25, -0.2) is 4.79 Å². The number of thiol groups is 1. The Bertz CT molecular complexity index is 862. The lowest BCUT2D eigenvalue weighted by Gasteiger charge is -2.21. The molecular formula is C19H24N4O4S. The highest BCUT2D eigenvalue weighted by atomic mass is 32.1. The van der Waals surface area contributed by atoms with E-state index in [4.69, 9.17) is 0 Å². The van der Waals surface area contributed by atoms with Crippen LogP contribution in [0.1, 0.15) is 18.4 Å². The number of para-hydroxylation sites is 1. The minimum absolute atomic E-state index is 0.0731. The second-order valence-corrected chi connectivity index (χ2v) is 7.22. The summed E-state index contributed by atoms with van der Waals surface area (Å²) >= 11 is 4.14. The van der Waals surface area contributed by atoms with Gasteiger partial charge >= 0.3 is 5.97 Å². The molecule has 1 aliphatic heterocycles. The van der Waals surface area contributed by atoms with E-state index in [1.807, 2.05) is 24.3 Å². The predicted octanol–water partition coefficient (Wildman–Crippen LogP) is 0.446. The topological polar surface area (TPSA) is 123 Å². The van der Waals surface area contributed by atoms with Gasteiger partial charge in [0, 0.05) is 29.3 Å². The number of aliphatic carboxylic acids is 1. The minimum Gasteiger partial charge on any atom is -0.480 e. The van der Waals surface area contributed by atoms with E-state index < -0.39 is 24.0 Å². The average molecular weight is 404 g/mol. The standard InChI is InChI=1S/C19H24N4O4S/c24-17(14-6-3-7-20-14)23-16(10-28)18(25)22-15(19(26)27)8-11-9-21-13-5-2-1-4-12(11)13/h1-2,4-5,9,14-16,20-21,28H,3,6-8,10H2,(H,22,25)(H,23,24)(H,26,27). The summed E-state index contributed by atoms with van der Waals surface area (Å²) in [6.45, 7) is 0.765. The van der Waals surface area contributed by atoms with Crippen LogP contribution in [0.15, 0.2) is 30.5 Å². The van der Waals surface area contributed by atoms with Crippen LogP contribution >= 0.6 is 12.6 Å². The van der Waals surface area contributed by atoms with Crippen LogP contribution in [0, 0.1) is 0 Å². The molecule has 0 radical (unpaired) electrons. The van der Waals surface area contributed by atoms with E-state index in [9.17, 15) is 19.5 Å². The molecule has 28 heavy (non-hydrogen) atoms. The van der Waals surface area contributed by atoms with Crippen molar-refractivity contribution in [1.82, 2.24) is 20.9 Å². The van der Waals surface area contributed by atoms with Crippen LogP contribution in [-0.4, -0.2) is 58.3 Å². The van der Waals surface area contributed by atoms with Gasteiger partial charge in [-0.3, -0.25) is 9.59 Å². The van der Waals surface area contributed by atoms with Crippen LogP contribution in [0.5, 0.6) is 0 Å². The van der Waals surface area contributed by atoms with Crippen LogP contribution < -0.4 is 16.0 Å². The zero-order valence-corrected chi connectivity index (χ0v) is 16.2. The lowest BCUT2D eigenvalue weighted by atomic mass is 10.0. The first kappa shape index (κ1) is 20.2. The molecule has 0 saturated carbocycles. The van der Waals surface area contributed by atoms with Gasteiger partial charge < -0.3 is 26.0 Å². The summed E-state index contributed by atoms with van der Waals surface area (Å²) in [6, 6.07) is 5.22. The maximum absolute atomic E-state index is 12.6. The molecule has 2 aromatic rings. The number of fused-ring (bicyclic) bond motifs is 1. The fraction of sp³-hybridized carbons (Fsp3) is 0.421. The largest absolute Gasteiger partial charge is 0.480 e. The van der Waals surface area contributed by atoms with Crippen LogP contribution in [0.2, 0.25) is 0 Å². The Morgan fingerprint density at radius 1 is 1.21 bits per heavy atom. The summed E-state index contributed by atoms with van der Waals surface area (Å²) in [4.78, 5) is 39.6. The molecule has 1 aromatic heterocycles. The maximum atomic E-state index is 12.6. The number of carboxylic acids is 1. The van der Waals surface area contributed by atoms with E-state index in [0.29, 0.717) is 6.42 Å². The monoisotopic (exact) mass is 404 g/mol. The maximum Gasteiger partial charge on any atom is 0.326 e. The van der Waals surface area contributed by atoms with Crippen LogP contribution in [0.3, 0.4) is 0 Å². The summed E-state index contributed by atoms with van der Waals surface area (Å²) in [6.07, 6.45) is 3.49. The number of H-pyrrole nitrogens is 1. The first-order valence-corrected chi connectivity index (χ1v) is 9.85. The second kappa shape index (κ2) is 9.11. The highest BCUT2D eigenvalue weighted by Crippen LogP contribution is 2.19. The molecular weight excluding hydrogens is 380 g/mol. The van der Waals surface area contributed by atoms with Gasteiger partial charge in [0.15, 0.2) is 0 Å². The molecule has 3 atom stereocenters. The number of aromatic nitrogens is 1. The number of nitrogens with one attached hydrogen (secondary N) is 4. The van der Waals surface area contributed by atoms with Gasteiger partial charge in [-0.2, -0.15) is 12.6 Å². The molecule has 1 saturated heterocycles. The SMILES string of the molecule is O=C(O)C(Cc1c[nH]c2ccccc12)NC(=O)C(CS)NC(=O)C1CCCN1. The number of hydrogen-bond donors (Lipinski definition) is 6. The summed E-state index contributed by atoms with van der Waals surface area (Å²) in [5.74, 6) is -1.90. The Morgan fingerprint density at radius 3 is 2.68 bits per heavy atom. The zero-order chi connectivity index (χ0) is 20.1. The third-order valence-electron chi connectivity index (χ3n) is 4.91. The molecule has 0 bridgehead atoms. The second-order valence-electron chi connectivity index (χ2n) is 6.86. The van der Waals surface area contributed by atoms with Crippen molar-refractivity contribution >= 4 is 41.3 Å². The number of rotatable bonds is 8. The van der Waals surface area contributed by atoms with Gasteiger partial charge in [0.05, 0.1) is 6.04 Å². The Morgan fingerprint density at radius 2 is 2.00 bits per heavy atom. The van der Waals surface area contributed by atoms with Gasteiger partial charge in [0.1, 0.15) is 12.1 Å². The average Bonchev–Trinajstić information content (AvgIpc) is 3.35. The van der Waals surface area contributed by atoms with Crippen LogP contribution in [-0.2, 0) is 20.8 Å². The lowest BCUT2D eigenvalue weighted by molar-refractivity contribution is -0.142. The van der Waals surface area contributed by atoms with Crippen molar-refractivity contribution in [3.63, 3.8) is 0 Å². The number of amides is 2. The molecule has 5 N–H and O–H groups in total. The molecule has 0 spiro atoms. The van der Waals surface area contributed by atoms with Crippen LogP contribution in [0.25, 0.3) is 10.9 Å². The van der Waals surface area contributed by atoms with Crippen molar-refractivity contribution in [2.75, 3.05) is 12.3 Å². The summed E-state index contributed by atoms with van der Waals surface area (Å²) in [5.41, 5.74) is 1.70. The quantitative estimate of drug-likeness (QED) is 0.357. The summed E-state index contributed by atoms with van der Waals surface area (Å²) in [5, 5.41) is 18.7. The van der Waals surface area contributed by atoms with Crippen molar-refractivity contribution < 1.29 is 19.5 Å². The number of benzene rings is 1. The van der Waals surface area contributed by atoms with Crippen molar-refractivity contribution in [3.05, 3.63) is 36.0 Å². The Hall–Kier alpha value is -2.52. The number of hydrogen-bond acceptors (Lipinski definition) is 5. The van der Waals surface area contributed by atoms with Gasteiger partial charge in [0.2, 0.25) is 11.8 Å². The van der Waals surface area contributed by atoms with Crippen LogP contribution in [0.4, 0.5) is 0 Å². The molecule has 9 heteroatoms. The van der Waals surface area contributed by atoms with Gasteiger partial charge in [-0.1, -0.05) is 18.2 Å². The first-order valence-electron chi connectivity index (χ1n) is 9.22. The molecule has 0 aliphatic carbocycles. The highest BCUT2D eigenvalue weighted by molar-refractivity contribution is 7.80. The number of carbonyl (C=O) groups excluding carboxylic acids is 2. The Balaban J connectivity index is 1.65. The number of carbonyl (C=O) groups is 3. The van der Waals surface area contributed by atoms with Gasteiger partial charge in [-0.15, -0.1) is 0 Å². The van der Waals surface area contributed by atoms with E-state index in [1.165, 1.54) is 0 Å². The Kier molecular flexibility index (Phi) is 6.58. The number of aromatic amines is 1. The van der Waals surface area contributed by atoms with Crippen molar-refractivity contribution in [2.45, 2.75) is 37.4 Å². The van der Waals surface area contributed by atoms with E-state index >= 15 is 0 Å². The molecule has 1 aliphatic rings. The molecule has 150 valence electrons. The molecule has 1 fully saturated rings. The van der Waals surface area contributed by atoms with Crippen molar-refractivity contribution in [3.8, 4) is 0 Å². The Labute approximate surface area is 167 Å². The van der Waals surface area contributed by atoms with E-state index in [1.54, 1.807) is 6.20 Å². The predicted molar refractivity (Wildman–Crippen MR) is 108 cm³/mol. The normalized spacial score (nSPS) is 18.5. The van der Waals surface area contributed by atoms with E-state index in [2.05, 4.69) is 33.6 Å². The third kappa shape index (κ3) is 4.66. The molecule has 3 unspecified atom stereocenters. The molecule has 1 aromatic carbocycles. The van der Waals surface area contributed by atoms with Gasteiger partial charge in [0.25, 0.3) is 0 Å². The van der Waals surface area contributed by atoms with E-state index in [0.717, 1.165) is 29.4 Å². The van der Waals surface area contributed by atoms with Gasteiger partial charge in [-0.05, 0) is 31.0 Å². The lowest BCUT2D eigenvalue weighted by Crippen LogP contribution is -2.55. The number of carboxylic acid groups (broad SMARTS) is 1.